The first-order chi connectivity index (χ1) is 9.21. The standard InChI is InChI=1S/C12H14N4O3/c1-18-12(13)3-2-6-19-11-7-10(15-16-14)5-4-9(11)8-17/h4-5,7-8,13H,2-3,6H2,1H3. The lowest BCUT2D eigenvalue weighted by atomic mass is 10.2. The average molecular weight is 262 g/mol. The summed E-state index contributed by atoms with van der Waals surface area (Å²) >= 11 is 0. The van der Waals surface area contributed by atoms with Gasteiger partial charge in [0.2, 0.25) is 0 Å². The van der Waals surface area contributed by atoms with Gasteiger partial charge in [0, 0.05) is 17.0 Å². The van der Waals surface area contributed by atoms with Gasteiger partial charge in [-0.15, -0.1) is 0 Å². The summed E-state index contributed by atoms with van der Waals surface area (Å²) in [6.45, 7) is 0.340. The zero-order chi connectivity index (χ0) is 14.1. The number of azide groups is 1. The molecule has 0 heterocycles. The fraction of sp³-hybridized carbons (Fsp3) is 0.333. The van der Waals surface area contributed by atoms with E-state index in [1.807, 2.05) is 0 Å². The molecule has 1 rings (SSSR count). The first kappa shape index (κ1) is 14.5. The fourth-order valence-electron chi connectivity index (χ4n) is 1.38. The van der Waals surface area contributed by atoms with Crippen LogP contribution in [0.4, 0.5) is 5.69 Å². The van der Waals surface area contributed by atoms with Crippen LogP contribution in [0.2, 0.25) is 0 Å². The van der Waals surface area contributed by atoms with Gasteiger partial charge in [0.25, 0.3) is 0 Å². The Morgan fingerprint density at radius 2 is 2.37 bits per heavy atom. The first-order valence-corrected chi connectivity index (χ1v) is 5.59. The van der Waals surface area contributed by atoms with Gasteiger partial charge in [-0.1, -0.05) is 11.2 Å². The van der Waals surface area contributed by atoms with E-state index in [2.05, 4.69) is 10.0 Å². The smallest absolute Gasteiger partial charge is 0.180 e. The average Bonchev–Trinajstić information content (AvgIpc) is 2.44. The Kier molecular flexibility index (Phi) is 5.91. The number of nitrogens with one attached hydrogen (secondary N) is 1. The van der Waals surface area contributed by atoms with E-state index in [4.69, 9.17) is 20.4 Å². The number of rotatable bonds is 7. The quantitative estimate of drug-likeness (QED) is 0.155. The second-order valence-corrected chi connectivity index (χ2v) is 3.61. The van der Waals surface area contributed by atoms with Crippen LogP contribution in [-0.2, 0) is 4.74 Å². The Bertz CT molecular complexity index is 510. The molecule has 1 aromatic carbocycles. The van der Waals surface area contributed by atoms with Crippen LogP contribution in [0, 0.1) is 5.41 Å². The molecule has 0 bridgehead atoms. The van der Waals surface area contributed by atoms with Gasteiger partial charge in [-0.05, 0) is 24.1 Å². The van der Waals surface area contributed by atoms with Crippen LogP contribution in [0.3, 0.4) is 0 Å². The molecule has 7 heteroatoms. The number of carbonyl (C=O) groups is 1. The molecule has 0 fully saturated rings. The van der Waals surface area contributed by atoms with Crippen molar-refractivity contribution in [1.82, 2.24) is 0 Å². The lowest BCUT2D eigenvalue weighted by Gasteiger charge is -2.09. The van der Waals surface area contributed by atoms with Gasteiger partial charge in [-0.2, -0.15) is 0 Å². The number of benzene rings is 1. The highest BCUT2D eigenvalue weighted by atomic mass is 16.5. The second kappa shape index (κ2) is 7.73. The third kappa shape index (κ3) is 4.69. The molecule has 0 aromatic heterocycles. The minimum atomic E-state index is 0.182. The zero-order valence-electron chi connectivity index (χ0n) is 10.5. The molecule has 0 radical (unpaired) electrons. The van der Waals surface area contributed by atoms with Gasteiger partial charge in [0.1, 0.15) is 5.75 Å². The predicted octanol–water partition coefficient (Wildman–Crippen LogP) is 3.22. The molecule has 19 heavy (non-hydrogen) atoms. The van der Waals surface area contributed by atoms with E-state index in [-0.39, 0.29) is 5.90 Å². The van der Waals surface area contributed by atoms with Crippen molar-refractivity contribution in [2.24, 2.45) is 5.11 Å². The van der Waals surface area contributed by atoms with Crippen LogP contribution in [-0.4, -0.2) is 25.9 Å². The number of ether oxygens (including phenoxy) is 2. The molecular formula is C12H14N4O3. The van der Waals surface area contributed by atoms with Crippen molar-refractivity contribution in [1.29, 1.82) is 5.41 Å². The summed E-state index contributed by atoms with van der Waals surface area (Å²) in [4.78, 5) is 13.5. The molecule has 0 saturated carbocycles. The second-order valence-electron chi connectivity index (χ2n) is 3.61. The van der Waals surface area contributed by atoms with E-state index in [9.17, 15) is 4.79 Å². The highest BCUT2D eigenvalue weighted by molar-refractivity contribution is 5.80. The molecule has 0 unspecified atom stereocenters. The summed E-state index contributed by atoms with van der Waals surface area (Å²) in [6, 6.07) is 4.57. The summed E-state index contributed by atoms with van der Waals surface area (Å²) in [7, 11) is 1.44. The largest absolute Gasteiger partial charge is 0.493 e. The maximum atomic E-state index is 10.8. The fourth-order valence-corrected chi connectivity index (χ4v) is 1.38. The third-order valence-electron chi connectivity index (χ3n) is 2.34. The van der Waals surface area contributed by atoms with Crippen molar-refractivity contribution in [3.05, 3.63) is 34.2 Å². The SMILES string of the molecule is COC(=N)CCCOc1cc(N=[N+]=[N-])ccc1C=O. The topological polar surface area (TPSA) is 108 Å². The number of nitrogens with zero attached hydrogens (tertiary/aromatic N) is 3. The molecule has 0 aliphatic heterocycles. The van der Waals surface area contributed by atoms with E-state index in [0.717, 1.165) is 0 Å². The zero-order valence-corrected chi connectivity index (χ0v) is 10.5. The minimum Gasteiger partial charge on any atom is -0.493 e. The molecule has 0 spiro atoms. The minimum absolute atomic E-state index is 0.182. The Morgan fingerprint density at radius 3 is 3.00 bits per heavy atom. The van der Waals surface area contributed by atoms with Gasteiger partial charge in [-0.3, -0.25) is 10.2 Å². The predicted molar refractivity (Wildman–Crippen MR) is 70.1 cm³/mol. The summed E-state index contributed by atoms with van der Waals surface area (Å²) in [5.74, 6) is 0.547. The van der Waals surface area contributed by atoms with Crippen LogP contribution in [0.25, 0.3) is 10.4 Å². The van der Waals surface area contributed by atoms with Crippen LogP contribution in [0.5, 0.6) is 5.75 Å². The number of methoxy groups -OCH3 is 1. The Hall–Kier alpha value is -2.53. The summed E-state index contributed by atoms with van der Waals surface area (Å²) in [5, 5.41) is 10.7. The van der Waals surface area contributed by atoms with E-state index in [1.165, 1.54) is 25.3 Å². The summed E-state index contributed by atoms with van der Waals surface area (Å²) in [6.07, 6.45) is 1.73. The summed E-state index contributed by atoms with van der Waals surface area (Å²) < 4.78 is 10.2. The lowest BCUT2D eigenvalue weighted by molar-refractivity contribution is 0.111. The van der Waals surface area contributed by atoms with Gasteiger partial charge in [0.05, 0.1) is 19.3 Å². The summed E-state index contributed by atoms with van der Waals surface area (Å²) in [5.41, 5.74) is 9.12. The monoisotopic (exact) mass is 262 g/mol. The maximum Gasteiger partial charge on any atom is 0.180 e. The lowest BCUT2D eigenvalue weighted by Crippen LogP contribution is -2.04. The molecule has 1 aromatic rings. The Morgan fingerprint density at radius 1 is 1.58 bits per heavy atom. The number of hydrogen-bond acceptors (Lipinski definition) is 5. The van der Waals surface area contributed by atoms with Crippen LogP contribution in [0.1, 0.15) is 23.2 Å². The first-order valence-electron chi connectivity index (χ1n) is 5.59. The van der Waals surface area contributed by atoms with E-state index < -0.39 is 0 Å². The molecule has 7 nitrogen and oxygen atoms in total. The molecule has 1 N–H and O–H groups in total. The van der Waals surface area contributed by atoms with Crippen molar-refractivity contribution in [3.8, 4) is 5.75 Å². The van der Waals surface area contributed by atoms with Crippen LogP contribution in [0.15, 0.2) is 23.3 Å². The highest BCUT2D eigenvalue weighted by Gasteiger charge is 2.04. The van der Waals surface area contributed by atoms with E-state index >= 15 is 0 Å². The van der Waals surface area contributed by atoms with Gasteiger partial charge >= 0.3 is 0 Å². The molecular weight excluding hydrogens is 248 g/mol. The van der Waals surface area contributed by atoms with E-state index in [0.29, 0.717) is 42.7 Å². The Labute approximate surface area is 110 Å². The van der Waals surface area contributed by atoms with Gasteiger partial charge in [0.15, 0.2) is 12.2 Å². The maximum absolute atomic E-state index is 10.8. The van der Waals surface area contributed by atoms with Gasteiger partial charge < -0.3 is 9.47 Å². The van der Waals surface area contributed by atoms with Crippen molar-refractivity contribution >= 4 is 17.9 Å². The van der Waals surface area contributed by atoms with Crippen molar-refractivity contribution in [2.75, 3.05) is 13.7 Å². The molecule has 0 aliphatic rings. The number of aldehydes is 1. The molecule has 0 saturated heterocycles. The molecule has 0 atom stereocenters. The Balaban J connectivity index is 2.64. The van der Waals surface area contributed by atoms with E-state index in [1.54, 1.807) is 0 Å². The van der Waals surface area contributed by atoms with Crippen molar-refractivity contribution in [3.63, 3.8) is 0 Å². The molecule has 0 aliphatic carbocycles. The number of hydrogen-bond donors (Lipinski definition) is 1. The molecule has 0 amide bonds. The van der Waals surface area contributed by atoms with Crippen molar-refractivity contribution in [2.45, 2.75) is 12.8 Å². The van der Waals surface area contributed by atoms with Crippen molar-refractivity contribution < 1.29 is 14.3 Å². The normalized spacial score (nSPS) is 9.32. The number of carbonyl (C=O) groups excluding carboxylic acids is 1. The molecule has 100 valence electrons. The van der Waals surface area contributed by atoms with Gasteiger partial charge in [-0.25, -0.2) is 0 Å². The highest BCUT2D eigenvalue weighted by Crippen LogP contribution is 2.24. The van der Waals surface area contributed by atoms with Crippen LogP contribution < -0.4 is 4.74 Å². The van der Waals surface area contributed by atoms with Crippen LogP contribution >= 0.6 is 0 Å². The third-order valence-corrected chi connectivity index (χ3v) is 2.34.